The zero-order chi connectivity index (χ0) is 18.2. The number of rotatable bonds is 6. The van der Waals surface area contributed by atoms with E-state index in [0.29, 0.717) is 30.9 Å². The average Bonchev–Trinajstić information content (AvgIpc) is 2.63. The summed E-state index contributed by atoms with van der Waals surface area (Å²) >= 11 is 0. The molecule has 2 rings (SSSR count). The van der Waals surface area contributed by atoms with Crippen LogP contribution in [0.2, 0.25) is 0 Å². The van der Waals surface area contributed by atoms with Gasteiger partial charge >= 0.3 is 0 Å². The molecule has 1 saturated heterocycles. The Labute approximate surface area is 146 Å². The number of para-hydroxylation sites is 1. The largest absolute Gasteiger partial charge is 0.366 e. The summed E-state index contributed by atoms with van der Waals surface area (Å²) in [6.07, 6.45) is 1.32. The summed E-state index contributed by atoms with van der Waals surface area (Å²) in [6, 6.07) is 8.55. The molecular weight excluding hydrogens is 320 g/mol. The van der Waals surface area contributed by atoms with Crippen LogP contribution in [0.4, 0.5) is 5.69 Å². The number of carbonyl (C=O) groups excluding carboxylic acids is 2. The Hall–Kier alpha value is -2.89. The fourth-order valence-corrected chi connectivity index (χ4v) is 2.64. The van der Waals surface area contributed by atoms with Crippen molar-refractivity contribution in [2.45, 2.75) is 0 Å². The third-order valence-corrected chi connectivity index (χ3v) is 4.02. The maximum absolute atomic E-state index is 12.5. The average molecular weight is 342 g/mol. The number of primary amides is 1. The fourth-order valence-electron chi connectivity index (χ4n) is 2.64. The van der Waals surface area contributed by atoms with Gasteiger partial charge in [-0.1, -0.05) is 12.1 Å². The summed E-state index contributed by atoms with van der Waals surface area (Å²) in [5.41, 5.74) is 11.6. The Morgan fingerprint density at radius 1 is 1.24 bits per heavy atom. The van der Waals surface area contributed by atoms with Crippen LogP contribution in [0.15, 0.2) is 36.0 Å². The lowest BCUT2D eigenvalue weighted by molar-refractivity contribution is -0.128. The van der Waals surface area contributed by atoms with Crippen LogP contribution in [0, 0.1) is 11.3 Å². The Bertz CT molecular complexity index is 701. The molecule has 25 heavy (non-hydrogen) atoms. The molecule has 1 aromatic carbocycles. The Balaban J connectivity index is 2.05. The number of nitriles is 1. The normalized spacial score (nSPS) is 15.5. The Kier molecular flexibility index (Phi) is 6.51. The van der Waals surface area contributed by atoms with Crippen LogP contribution in [0.1, 0.15) is 10.4 Å². The molecule has 0 unspecified atom stereocenters. The van der Waals surface area contributed by atoms with E-state index in [9.17, 15) is 14.9 Å². The van der Waals surface area contributed by atoms with Crippen molar-refractivity contribution in [3.63, 3.8) is 0 Å². The minimum atomic E-state index is -0.586. The summed E-state index contributed by atoms with van der Waals surface area (Å²) in [5.74, 6) is -0.920. The second kappa shape index (κ2) is 8.82. The number of hydrogen-bond acceptors (Lipinski definition) is 6. The maximum atomic E-state index is 12.5. The number of nitrogens with one attached hydrogen (secondary N) is 1. The highest BCUT2D eigenvalue weighted by atomic mass is 16.2. The molecule has 0 saturated carbocycles. The highest BCUT2D eigenvalue weighted by Crippen LogP contribution is 2.15. The quantitative estimate of drug-likeness (QED) is 0.481. The molecule has 0 spiro atoms. The highest BCUT2D eigenvalue weighted by Gasteiger charge is 2.23. The zero-order valence-corrected chi connectivity index (χ0v) is 13.9. The molecule has 1 heterocycles. The molecule has 1 fully saturated rings. The van der Waals surface area contributed by atoms with Gasteiger partial charge in [-0.15, -0.1) is 0 Å². The molecule has 0 bridgehead atoms. The van der Waals surface area contributed by atoms with Crippen molar-refractivity contribution in [3.05, 3.63) is 41.6 Å². The SMILES string of the molecule is N#C/C(=C/Nc1ccccc1C(N)=O)C(=O)N1CCN(CCN)CC1. The van der Waals surface area contributed by atoms with Crippen molar-refractivity contribution in [1.29, 1.82) is 5.26 Å². The van der Waals surface area contributed by atoms with Gasteiger partial charge in [-0.3, -0.25) is 14.5 Å². The van der Waals surface area contributed by atoms with Gasteiger partial charge in [0.2, 0.25) is 0 Å². The number of nitrogens with zero attached hydrogens (tertiary/aromatic N) is 3. The summed E-state index contributed by atoms with van der Waals surface area (Å²) < 4.78 is 0. The lowest BCUT2D eigenvalue weighted by Gasteiger charge is -2.34. The summed E-state index contributed by atoms with van der Waals surface area (Å²) in [4.78, 5) is 27.7. The number of benzene rings is 1. The molecule has 132 valence electrons. The van der Waals surface area contributed by atoms with Gasteiger partial charge in [0.1, 0.15) is 11.6 Å². The van der Waals surface area contributed by atoms with E-state index >= 15 is 0 Å². The van der Waals surface area contributed by atoms with Crippen LogP contribution in [0.3, 0.4) is 0 Å². The smallest absolute Gasteiger partial charge is 0.266 e. The lowest BCUT2D eigenvalue weighted by atomic mass is 10.1. The first-order chi connectivity index (χ1) is 12.1. The van der Waals surface area contributed by atoms with E-state index in [1.165, 1.54) is 6.20 Å². The molecule has 2 amide bonds. The molecule has 8 nitrogen and oxygen atoms in total. The van der Waals surface area contributed by atoms with Crippen LogP contribution in [0.5, 0.6) is 0 Å². The number of hydrogen-bond donors (Lipinski definition) is 3. The summed E-state index contributed by atoms with van der Waals surface area (Å²) in [5, 5.41) is 12.1. The molecule has 1 aromatic rings. The Morgan fingerprint density at radius 3 is 2.52 bits per heavy atom. The van der Waals surface area contributed by atoms with Crippen LogP contribution >= 0.6 is 0 Å². The predicted octanol–water partition coefficient (Wildman–Crippen LogP) is -0.292. The summed E-state index contributed by atoms with van der Waals surface area (Å²) in [7, 11) is 0. The van der Waals surface area contributed by atoms with Gasteiger partial charge in [0.15, 0.2) is 0 Å². The van der Waals surface area contributed by atoms with Gasteiger partial charge < -0.3 is 21.7 Å². The van der Waals surface area contributed by atoms with Gasteiger partial charge in [0.25, 0.3) is 11.8 Å². The van der Waals surface area contributed by atoms with E-state index in [1.54, 1.807) is 29.2 Å². The molecule has 1 aliphatic rings. The van der Waals surface area contributed by atoms with E-state index in [0.717, 1.165) is 19.6 Å². The van der Waals surface area contributed by atoms with Crippen molar-refractivity contribution < 1.29 is 9.59 Å². The van der Waals surface area contributed by atoms with Crippen molar-refractivity contribution in [1.82, 2.24) is 9.80 Å². The number of nitrogens with two attached hydrogens (primary N) is 2. The van der Waals surface area contributed by atoms with E-state index in [4.69, 9.17) is 11.5 Å². The van der Waals surface area contributed by atoms with Gasteiger partial charge in [0.05, 0.1) is 11.3 Å². The van der Waals surface area contributed by atoms with Gasteiger partial charge in [-0.25, -0.2) is 0 Å². The number of carbonyl (C=O) groups is 2. The predicted molar refractivity (Wildman–Crippen MR) is 94.4 cm³/mol. The molecule has 0 aromatic heterocycles. The van der Waals surface area contributed by atoms with Crippen molar-refractivity contribution in [2.75, 3.05) is 44.6 Å². The first-order valence-electron chi connectivity index (χ1n) is 8.04. The molecule has 0 aliphatic carbocycles. The van der Waals surface area contributed by atoms with Crippen molar-refractivity contribution in [3.8, 4) is 6.07 Å². The lowest BCUT2D eigenvalue weighted by Crippen LogP contribution is -2.50. The molecule has 0 radical (unpaired) electrons. The van der Waals surface area contributed by atoms with Gasteiger partial charge in [-0.2, -0.15) is 5.26 Å². The molecule has 8 heteroatoms. The van der Waals surface area contributed by atoms with Crippen molar-refractivity contribution in [2.24, 2.45) is 11.5 Å². The Morgan fingerprint density at radius 2 is 1.92 bits per heavy atom. The van der Waals surface area contributed by atoms with Crippen LogP contribution < -0.4 is 16.8 Å². The topological polar surface area (TPSA) is 128 Å². The number of amides is 2. The maximum Gasteiger partial charge on any atom is 0.266 e. The third kappa shape index (κ3) is 4.79. The summed E-state index contributed by atoms with van der Waals surface area (Å²) in [6.45, 7) is 3.96. The minimum absolute atomic E-state index is 0.0217. The van der Waals surface area contributed by atoms with E-state index in [1.807, 2.05) is 6.07 Å². The van der Waals surface area contributed by atoms with Gasteiger partial charge in [-0.05, 0) is 12.1 Å². The van der Waals surface area contributed by atoms with Crippen LogP contribution in [0.25, 0.3) is 0 Å². The second-order valence-corrected chi connectivity index (χ2v) is 5.65. The molecule has 5 N–H and O–H groups in total. The number of piperazine rings is 1. The standard InChI is InChI=1S/C17H22N6O2/c18-5-6-22-7-9-23(10-8-22)17(25)13(11-19)12-21-15-4-2-1-3-14(15)16(20)24/h1-4,12,21H,5-10,18H2,(H2,20,24)/b13-12-. The fraction of sp³-hybridized carbons (Fsp3) is 0.353. The molecule has 0 atom stereocenters. The van der Waals surface area contributed by atoms with E-state index in [-0.39, 0.29) is 11.5 Å². The van der Waals surface area contributed by atoms with Crippen LogP contribution in [-0.2, 0) is 4.79 Å². The van der Waals surface area contributed by atoms with E-state index in [2.05, 4.69) is 10.2 Å². The van der Waals surface area contributed by atoms with Crippen molar-refractivity contribution >= 4 is 17.5 Å². The van der Waals surface area contributed by atoms with E-state index < -0.39 is 5.91 Å². The molecule has 1 aliphatic heterocycles. The first kappa shape index (κ1) is 18.4. The second-order valence-electron chi connectivity index (χ2n) is 5.65. The molecular formula is C17H22N6O2. The zero-order valence-electron chi connectivity index (χ0n) is 13.9. The van der Waals surface area contributed by atoms with Crippen LogP contribution in [-0.4, -0.2) is 60.9 Å². The monoisotopic (exact) mass is 342 g/mol. The third-order valence-electron chi connectivity index (χ3n) is 4.02. The first-order valence-corrected chi connectivity index (χ1v) is 8.04. The van der Waals surface area contributed by atoms with Gasteiger partial charge in [0, 0.05) is 45.5 Å². The highest BCUT2D eigenvalue weighted by molar-refractivity contribution is 6.00. The number of anilines is 1. The minimum Gasteiger partial charge on any atom is -0.366 e.